The summed E-state index contributed by atoms with van der Waals surface area (Å²) >= 11 is 0. The van der Waals surface area contributed by atoms with Gasteiger partial charge in [0, 0.05) is 5.56 Å². The van der Waals surface area contributed by atoms with Crippen molar-refractivity contribution >= 4 is 5.78 Å². The second-order valence-corrected chi connectivity index (χ2v) is 3.18. The summed E-state index contributed by atoms with van der Waals surface area (Å²) in [6, 6.07) is 6.12. The lowest BCUT2D eigenvalue weighted by Crippen LogP contribution is -2.18. The zero-order chi connectivity index (χ0) is 12.0. The van der Waals surface area contributed by atoms with Gasteiger partial charge in [-0.15, -0.1) is 0 Å². The van der Waals surface area contributed by atoms with E-state index in [4.69, 9.17) is 4.74 Å². The summed E-state index contributed by atoms with van der Waals surface area (Å²) in [4.78, 5) is 11.4. The molecule has 0 aliphatic rings. The van der Waals surface area contributed by atoms with Crippen molar-refractivity contribution in [2.45, 2.75) is 6.43 Å². The molecule has 0 heterocycles. The molecule has 0 fully saturated rings. The third-order valence-corrected chi connectivity index (χ3v) is 1.89. The molecule has 0 amide bonds. The fourth-order valence-electron chi connectivity index (χ4n) is 1.16. The number of alkyl halides is 2. The Hall–Kier alpha value is -1.49. The number of carbonyl (C=O) groups is 1. The Balaban J connectivity index is 2.57. The highest BCUT2D eigenvalue weighted by atomic mass is 19.3. The summed E-state index contributed by atoms with van der Waals surface area (Å²) in [5.74, 6) is 0.282. The second-order valence-electron chi connectivity index (χ2n) is 3.18. The van der Waals surface area contributed by atoms with Gasteiger partial charge >= 0.3 is 0 Å². The lowest BCUT2D eigenvalue weighted by molar-refractivity contribution is 0.0818. The van der Waals surface area contributed by atoms with Crippen LogP contribution in [0.5, 0.6) is 5.75 Å². The third kappa shape index (κ3) is 3.94. The van der Waals surface area contributed by atoms with Crippen LogP contribution < -0.4 is 10.1 Å². The number of carbonyl (C=O) groups excluding carboxylic acids is 1. The Morgan fingerprint density at radius 1 is 1.38 bits per heavy atom. The third-order valence-electron chi connectivity index (χ3n) is 1.89. The van der Waals surface area contributed by atoms with E-state index in [2.05, 4.69) is 5.32 Å². The van der Waals surface area contributed by atoms with E-state index >= 15 is 0 Å². The standard InChI is InChI=1S/C11H13F2NO2/c1-14-6-10(15)8-2-4-9(5-3-8)16-7-11(12)13/h2-5,11,14H,6-7H2,1H3. The van der Waals surface area contributed by atoms with Crippen molar-refractivity contribution in [3.8, 4) is 5.75 Å². The molecular weight excluding hydrogens is 216 g/mol. The molecule has 3 nitrogen and oxygen atoms in total. The van der Waals surface area contributed by atoms with Gasteiger partial charge in [0.1, 0.15) is 12.4 Å². The topological polar surface area (TPSA) is 38.3 Å². The Morgan fingerprint density at radius 2 is 2.00 bits per heavy atom. The number of rotatable bonds is 6. The average molecular weight is 229 g/mol. The van der Waals surface area contributed by atoms with Crippen molar-refractivity contribution in [1.29, 1.82) is 0 Å². The monoisotopic (exact) mass is 229 g/mol. The number of hydrogen-bond acceptors (Lipinski definition) is 3. The molecule has 0 unspecified atom stereocenters. The van der Waals surface area contributed by atoms with Crippen LogP contribution in [0.3, 0.4) is 0 Å². The quantitative estimate of drug-likeness (QED) is 0.755. The van der Waals surface area contributed by atoms with Crippen LogP contribution in [0, 0.1) is 0 Å². The van der Waals surface area contributed by atoms with Crippen LogP contribution in [-0.4, -0.2) is 32.4 Å². The van der Waals surface area contributed by atoms with E-state index in [9.17, 15) is 13.6 Å². The molecule has 88 valence electrons. The van der Waals surface area contributed by atoms with Gasteiger partial charge in [0.25, 0.3) is 6.43 Å². The van der Waals surface area contributed by atoms with E-state index in [1.54, 1.807) is 19.2 Å². The van der Waals surface area contributed by atoms with E-state index < -0.39 is 13.0 Å². The maximum Gasteiger partial charge on any atom is 0.272 e. The first-order valence-corrected chi connectivity index (χ1v) is 4.82. The van der Waals surface area contributed by atoms with Crippen molar-refractivity contribution in [3.05, 3.63) is 29.8 Å². The Bertz CT molecular complexity index is 338. The zero-order valence-electron chi connectivity index (χ0n) is 8.87. The smallest absolute Gasteiger partial charge is 0.272 e. The normalized spacial score (nSPS) is 10.5. The first kappa shape index (κ1) is 12.6. The zero-order valence-corrected chi connectivity index (χ0v) is 8.87. The maximum absolute atomic E-state index is 11.8. The molecule has 0 radical (unpaired) electrons. The van der Waals surface area contributed by atoms with Crippen LogP contribution in [0.2, 0.25) is 0 Å². The molecule has 1 N–H and O–H groups in total. The van der Waals surface area contributed by atoms with Gasteiger partial charge in [-0.05, 0) is 31.3 Å². The Labute approximate surface area is 92.4 Å². The van der Waals surface area contributed by atoms with Crippen molar-refractivity contribution in [2.24, 2.45) is 0 Å². The predicted octanol–water partition coefficient (Wildman–Crippen LogP) is 1.73. The molecule has 0 aromatic heterocycles. The molecule has 1 aromatic rings. The van der Waals surface area contributed by atoms with Gasteiger partial charge in [-0.1, -0.05) is 0 Å². The minimum absolute atomic E-state index is 0.0529. The number of halogens is 2. The van der Waals surface area contributed by atoms with Gasteiger partial charge in [0.15, 0.2) is 5.78 Å². The summed E-state index contributed by atoms with van der Waals surface area (Å²) in [6.07, 6.45) is -2.49. The van der Waals surface area contributed by atoms with E-state index in [1.165, 1.54) is 12.1 Å². The van der Waals surface area contributed by atoms with E-state index in [1.807, 2.05) is 0 Å². The maximum atomic E-state index is 11.8. The lowest BCUT2D eigenvalue weighted by Gasteiger charge is -2.06. The number of likely N-dealkylation sites (N-methyl/N-ethyl adjacent to an activating group) is 1. The molecule has 0 bridgehead atoms. The highest BCUT2D eigenvalue weighted by Gasteiger charge is 2.06. The van der Waals surface area contributed by atoms with Gasteiger partial charge < -0.3 is 10.1 Å². The van der Waals surface area contributed by atoms with Crippen LogP contribution in [0.25, 0.3) is 0 Å². The van der Waals surface area contributed by atoms with Crippen LogP contribution in [0.1, 0.15) is 10.4 Å². The van der Waals surface area contributed by atoms with Gasteiger partial charge in [-0.3, -0.25) is 4.79 Å². The summed E-state index contributed by atoms with van der Waals surface area (Å²) < 4.78 is 28.5. The van der Waals surface area contributed by atoms with Crippen LogP contribution in [0.4, 0.5) is 8.78 Å². The summed E-state index contributed by atoms with van der Waals surface area (Å²) in [5.41, 5.74) is 0.527. The van der Waals surface area contributed by atoms with E-state index in [0.717, 1.165) is 0 Å². The fourth-order valence-corrected chi connectivity index (χ4v) is 1.16. The van der Waals surface area contributed by atoms with Crippen molar-refractivity contribution in [1.82, 2.24) is 5.32 Å². The van der Waals surface area contributed by atoms with Gasteiger partial charge in [0.2, 0.25) is 0 Å². The largest absolute Gasteiger partial charge is 0.488 e. The average Bonchev–Trinajstić information content (AvgIpc) is 2.27. The van der Waals surface area contributed by atoms with Crippen LogP contribution in [0.15, 0.2) is 24.3 Å². The number of ketones is 1. The van der Waals surface area contributed by atoms with Crippen molar-refractivity contribution in [2.75, 3.05) is 20.2 Å². The molecule has 0 aliphatic carbocycles. The number of nitrogens with one attached hydrogen (secondary N) is 1. The molecular formula is C11H13F2NO2. The predicted molar refractivity (Wildman–Crippen MR) is 56.2 cm³/mol. The number of Topliss-reactive ketones (excluding diaryl/α,β-unsaturated/α-hetero) is 1. The first-order chi connectivity index (χ1) is 7.63. The first-order valence-electron chi connectivity index (χ1n) is 4.82. The highest BCUT2D eigenvalue weighted by Crippen LogP contribution is 2.13. The molecule has 0 saturated carbocycles. The molecule has 0 atom stereocenters. The molecule has 0 saturated heterocycles. The van der Waals surface area contributed by atoms with Gasteiger partial charge in [-0.25, -0.2) is 8.78 Å². The SMILES string of the molecule is CNCC(=O)c1ccc(OCC(F)F)cc1. The highest BCUT2D eigenvalue weighted by molar-refractivity contribution is 5.97. The van der Waals surface area contributed by atoms with Gasteiger partial charge in [-0.2, -0.15) is 0 Å². The van der Waals surface area contributed by atoms with Crippen molar-refractivity contribution < 1.29 is 18.3 Å². The Kier molecular flexibility index (Phi) is 4.85. The summed E-state index contributed by atoms with van der Waals surface area (Å²) in [5, 5.41) is 2.74. The minimum atomic E-state index is -2.49. The molecule has 16 heavy (non-hydrogen) atoms. The summed E-state index contributed by atoms with van der Waals surface area (Å²) in [7, 11) is 1.68. The van der Waals surface area contributed by atoms with Crippen LogP contribution in [-0.2, 0) is 0 Å². The fraction of sp³-hybridized carbons (Fsp3) is 0.364. The second kappa shape index (κ2) is 6.17. The van der Waals surface area contributed by atoms with Gasteiger partial charge in [0.05, 0.1) is 6.54 Å². The van der Waals surface area contributed by atoms with Crippen LogP contribution >= 0.6 is 0 Å². The molecule has 1 rings (SSSR count). The lowest BCUT2D eigenvalue weighted by atomic mass is 10.1. The van der Waals surface area contributed by atoms with Crippen molar-refractivity contribution in [3.63, 3.8) is 0 Å². The number of ether oxygens (including phenoxy) is 1. The Morgan fingerprint density at radius 3 is 2.50 bits per heavy atom. The van der Waals surface area contributed by atoms with E-state index in [0.29, 0.717) is 11.3 Å². The number of benzene rings is 1. The molecule has 0 spiro atoms. The number of hydrogen-bond donors (Lipinski definition) is 1. The molecule has 5 heteroatoms. The molecule has 1 aromatic carbocycles. The molecule has 0 aliphatic heterocycles. The summed E-state index contributed by atoms with van der Waals surface area (Å²) in [6.45, 7) is -0.388. The minimum Gasteiger partial charge on any atom is -0.488 e. The van der Waals surface area contributed by atoms with E-state index in [-0.39, 0.29) is 12.3 Å².